The Labute approximate surface area is 181 Å². The summed E-state index contributed by atoms with van der Waals surface area (Å²) in [6.45, 7) is 2.49. The molecule has 3 heterocycles. The summed E-state index contributed by atoms with van der Waals surface area (Å²) in [4.78, 5) is 4.56. The molecule has 0 bridgehead atoms. The number of hydrogen-bond donors (Lipinski definition) is 0. The molecule has 7 nitrogen and oxygen atoms in total. The first-order valence-corrected chi connectivity index (χ1v) is 11.4. The van der Waals surface area contributed by atoms with E-state index in [-0.39, 0.29) is 10.8 Å². The Kier molecular flexibility index (Phi) is 4.75. The summed E-state index contributed by atoms with van der Waals surface area (Å²) in [5, 5.41) is 4.29. The summed E-state index contributed by atoms with van der Waals surface area (Å²) in [6.07, 6.45) is 5.33. The van der Waals surface area contributed by atoms with Crippen LogP contribution in [0.25, 0.3) is 11.3 Å². The molecule has 5 rings (SSSR count). The van der Waals surface area contributed by atoms with Gasteiger partial charge in [0.1, 0.15) is 12.0 Å². The van der Waals surface area contributed by atoms with Crippen molar-refractivity contribution in [1.29, 1.82) is 0 Å². The van der Waals surface area contributed by atoms with Gasteiger partial charge in [0, 0.05) is 44.7 Å². The van der Waals surface area contributed by atoms with Crippen molar-refractivity contribution < 1.29 is 12.8 Å². The molecule has 4 aromatic rings. The lowest BCUT2D eigenvalue weighted by Gasteiger charge is -2.33. The van der Waals surface area contributed by atoms with Crippen molar-refractivity contribution in [2.75, 3.05) is 6.54 Å². The molecular formula is C23H22N4O3S. The summed E-state index contributed by atoms with van der Waals surface area (Å²) in [6, 6.07) is 14.8. The van der Waals surface area contributed by atoms with Gasteiger partial charge in [0.15, 0.2) is 5.89 Å². The van der Waals surface area contributed by atoms with Gasteiger partial charge >= 0.3 is 0 Å². The predicted molar refractivity (Wildman–Crippen MR) is 116 cm³/mol. The van der Waals surface area contributed by atoms with E-state index >= 15 is 0 Å². The summed E-state index contributed by atoms with van der Waals surface area (Å²) in [5.41, 5.74) is 4.67. The number of aromatic nitrogens is 3. The fourth-order valence-electron chi connectivity index (χ4n) is 4.11. The van der Waals surface area contributed by atoms with Crippen molar-refractivity contribution in [3.8, 4) is 11.3 Å². The molecule has 2 aromatic carbocycles. The highest BCUT2D eigenvalue weighted by molar-refractivity contribution is 7.89. The normalized spacial score (nSPS) is 16.9. The Morgan fingerprint density at radius 3 is 2.55 bits per heavy atom. The van der Waals surface area contributed by atoms with Crippen molar-refractivity contribution in [3.05, 3.63) is 89.8 Å². The second-order valence-corrected chi connectivity index (χ2v) is 9.71. The molecule has 0 N–H and O–H groups in total. The van der Waals surface area contributed by atoms with E-state index in [9.17, 15) is 8.42 Å². The van der Waals surface area contributed by atoms with Crippen LogP contribution in [0.2, 0.25) is 0 Å². The van der Waals surface area contributed by atoms with Gasteiger partial charge in [-0.25, -0.2) is 13.4 Å². The lowest BCUT2D eigenvalue weighted by atomic mass is 9.87. The summed E-state index contributed by atoms with van der Waals surface area (Å²) < 4.78 is 35.6. The van der Waals surface area contributed by atoms with Crippen molar-refractivity contribution in [1.82, 2.24) is 19.1 Å². The van der Waals surface area contributed by atoms with Crippen LogP contribution >= 0.6 is 0 Å². The molecule has 0 amide bonds. The quantitative estimate of drug-likeness (QED) is 0.489. The molecule has 1 unspecified atom stereocenters. The fraction of sp³-hybridized carbons (Fsp3) is 0.217. The van der Waals surface area contributed by atoms with Crippen molar-refractivity contribution in [2.45, 2.75) is 24.3 Å². The molecule has 0 aliphatic carbocycles. The van der Waals surface area contributed by atoms with Gasteiger partial charge in [-0.3, -0.25) is 4.68 Å². The Morgan fingerprint density at radius 2 is 1.87 bits per heavy atom. The summed E-state index contributed by atoms with van der Waals surface area (Å²) >= 11 is 0. The molecule has 0 spiro atoms. The molecule has 1 aliphatic rings. The Hall–Kier alpha value is -3.23. The highest BCUT2D eigenvalue weighted by Gasteiger charge is 2.34. The van der Waals surface area contributed by atoms with E-state index in [1.165, 1.54) is 0 Å². The van der Waals surface area contributed by atoms with Gasteiger partial charge in [-0.15, -0.1) is 0 Å². The molecule has 0 fully saturated rings. The SMILES string of the molecule is Cc1nc(-c2ccc(S(=O)(=O)N3Cc4ccccc4C(c4cnn(C)c4)C3)cc2)co1. The topological polar surface area (TPSA) is 81.2 Å². The zero-order chi connectivity index (χ0) is 21.6. The number of rotatable bonds is 4. The van der Waals surface area contributed by atoms with Crippen LogP contribution < -0.4 is 0 Å². The van der Waals surface area contributed by atoms with E-state index in [1.54, 1.807) is 46.4 Å². The smallest absolute Gasteiger partial charge is 0.243 e. The molecule has 2 aromatic heterocycles. The number of oxazole rings is 1. The Morgan fingerprint density at radius 1 is 1.10 bits per heavy atom. The average molecular weight is 435 g/mol. The van der Waals surface area contributed by atoms with Gasteiger partial charge in [-0.2, -0.15) is 9.40 Å². The molecule has 8 heteroatoms. The summed E-state index contributed by atoms with van der Waals surface area (Å²) in [5.74, 6) is 0.505. The van der Waals surface area contributed by atoms with Gasteiger partial charge in [0.25, 0.3) is 0 Å². The number of aryl methyl sites for hydroxylation is 2. The molecule has 1 aliphatic heterocycles. The highest BCUT2D eigenvalue weighted by atomic mass is 32.2. The first-order valence-electron chi connectivity index (χ1n) is 10.0. The maximum Gasteiger partial charge on any atom is 0.243 e. The zero-order valence-corrected chi connectivity index (χ0v) is 18.1. The Balaban J connectivity index is 1.49. The van der Waals surface area contributed by atoms with Crippen LogP contribution in [0.1, 0.15) is 28.5 Å². The van der Waals surface area contributed by atoms with Crippen molar-refractivity contribution in [3.63, 3.8) is 0 Å². The minimum atomic E-state index is -3.67. The third-order valence-electron chi connectivity index (χ3n) is 5.70. The van der Waals surface area contributed by atoms with E-state index in [1.807, 2.05) is 37.6 Å². The first kappa shape index (κ1) is 19.7. The molecule has 0 saturated carbocycles. The fourth-order valence-corrected chi connectivity index (χ4v) is 5.54. The minimum Gasteiger partial charge on any atom is -0.449 e. The molecule has 0 radical (unpaired) electrons. The predicted octanol–water partition coefficient (Wildman–Crippen LogP) is 3.72. The average Bonchev–Trinajstić information content (AvgIpc) is 3.41. The standard InChI is InChI=1S/C23H22N4O3S/c1-16-25-23(15-30-16)17-7-9-20(10-8-17)31(28,29)27-13-18-5-3-4-6-21(18)22(14-27)19-11-24-26(2)12-19/h3-12,15,22H,13-14H2,1-2H3. The molecule has 31 heavy (non-hydrogen) atoms. The van der Waals surface area contributed by atoms with Crippen molar-refractivity contribution in [2.24, 2.45) is 7.05 Å². The van der Waals surface area contributed by atoms with Gasteiger partial charge in [-0.05, 0) is 28.8 Å². The second-order valence-electron chi connectivity index (χ2n) is 7.77. The molecule has 158 valence electrons. The number of sulfonamides is 1. The summed E-state index contributed by atoms with van der Waals surface area (Å²) in [7, 11) is -1.80. The molecule has 0 saturated heterocycles. The Bertz CT molecular complexity index is 1340. The van der Waals surface area contributed by atoms with Gasteiger partial charge < -0.3 is 4.42 Å². The van der Waals surface area contributed by atoms with E-state index in [0.29, 0.717) is 24.7 Å². The van der Waals surface area contributed by atoms with Gasteiger partial charge in [0.2, 0.25) is 10.0 Å². The van der Waals surface area contributed by atoms with Crippen LogP contribution in [0.5, 0.6) is 0 Å². The van der Waals surface area contributed by atoms with E-state index in [4.69, 9.17) is 4.42 Å². The third-order valence-corrected chi connectivity index (χ3v) is 7.52. The van der Waals surface area contributed by atoms with Crippen molar-refractivity contribution >= 4 is 10.0 Å². The largest absolute Gasteiger partial charge is 0.449 e. The minimum absolute atomic E-state index is 0.0641. The van der Waals surface area contributed by atoms with E-state index < -0.39 is 10.0 Å². The maximum absolute atomic E-state index is 13.5. The number of nitrogens with zero attached hydrogens (tertiary/aromatic N) is 4. The molecular weight excluding hydrogens is 412 g/mol. The highest BCUT2D eigenvalue weighted by Crippen LogP contribution is 2.36. The van der Waals surface area contributed by atoms with Crippen LogP contribution in [-0.4, -0.2) is 34.0 Å². The van der Waals surface area contributed by atoms with Gasteiger partial charge in [0.05, 0.1) is 11.1 Å². The van der Waals surface area contributed by atoms with Crippen LogP contribution in [0.4, 0.5) is 0 Å². The second kappa shape index (κ2) is 7.47. The number of hydrogen-bond acceptors (Lipinski definition) is 5. The van der Waals surface area contributed by atoms with Crippen LogP contribution in [-0.2, 0) is 23.6 Å². The monoisotopic (exact) mass is 434 g/mol. The number of fused-ring (bicyclic) bond motifs is 1. The zero-order valence-electron chi connectivity index (χ0n) is 17.3. The van der Waals surface area contributed by atoms with Crippen LogP contribution in [0.15, 0.2) is 76.5 Å². The first-order chi connectivity index (χ1) is 14.9. The lowest BCUT2D eigenvalue weighted by Crippen LogP contribution is -2.38. The van der Waals surface area contributed by atoms with Gasteiger partial charge in [-0.1, -0.05) is 36.4 Å². The van der Waals surface area contributed by atoms with Crippen LogP contribution in [0.3, 0.4) is 0 Å². The number of benzene rings is 2. The maximum atomic E-state index is 13.5. The lowest BCUT2D eigenvalue weighted by molar-refractivity contribution is 0.371. The van der Waals surface area contributed by atoms with Crippen LogP contribution in [0, 0.1) is 6.92 Å². The third kappa shape index (κ3) is 3.58. The van der Waals surface area contributed by atoms with E-state index in [0.717, 1.165) is 22.3 Å². The van der Waals surface area contributed by atoms with E-state index in [2.05, 4.69) is 16.1 Å². The molecule has 1 atom stereocenters.